The topological polar surface area (TPSA) is 83.8 Å². The van der Waals surface area contributed by atoms with Gasteiger partial charge in [-0.3, -0.25) is 9.59 Å². The lowest BCUT2D eigenvalue weighted by Gasteiger charge is -2.66. The molecule has 4 aliphatic rings. The lowest BCUT2D eigenvalue weighted by Crippen LogP contribution is -2.70. The Morgan fingerprint density at radius 1 is 1.17 bits per heavy atom. The van der Waals surface area contributed by atoms with Crippen molar-refractivity contribution in [3.63, 3.8) is 0 Å². The fourth-order valence-electron chi connectivity index (χ4n) is 8.03. The van der Waals surface area contributed by atoms with E-state index in [-0.39, 0.29) is 41.0 Å². The minimum atomic E-state index is -1.20. The number of hydrogen-bond acceptors (Lipinski definition) is 5. The summed E-state index contributed by atoms with van der Waals surface area (Å²) < 4.78 is 6.11. The molecular weight excluding hydrogens is 380 g/mol. The minimum Gasteiger partial charge on any atom is -0.462 e. The monoisotopic (exact) mass is 418 g/mol. The van der Waals surface area contributed by atoms with Gasteiger partial charge in [0.15, 0.2) is 5.78 Å². The normalized spacial score (nSPS) is 46.9. The summed E-state index contributed by atoms with van der Waals surface area (Å²) in [6.07, 6.45) is 3.65. The number of aliphatic hydroxyl groups excluding tert-OH is 2. The first kappa shape index (κ1) is 22.0. The summed E-state index contributed by atoms with van der Waals surface area (Å²) >= 11 is 0. The summed E-state index contributed by atoms with van der Waals surface area (Å²) in [5.41, 5.74) is -1.23. The van der Waals surface area contributed by atoms with Crippen LogP contribution >= 0.6 is 0 Å². The second-order valence-corrected chi connectivity index (χ2v) is 11.2. The molecule has 2 N–H and O–H groups in total. The van der Waals surface area contributed by atoms with Crippen LogP contribution in [0.5, 0.6) is 0 Å². The van der Waals surface area contributed by atoms with Crippen LogP contribution in [0.25, 0.3) is 0 Å². The third-order valence-electron chi connectivity index (χ3n) is 9.55. The van der Waals surface area contributed by atoms with Gasteiger partial charge in [0, 0.05) is 17.8 Å². The van der Waals surface area contributed by atoms with Crippen LogP contribution in [-0.2, 0) is 14.3 Å². The van der Waals surface area contributed by atoms with Crippen LogP contribution in [-0.4, -0.2) is 40.3 Å². The third kappa shape index (κ3) is 2.67. The molecule has 0 aromatic rings. The molecular formula is C25H38O5. The Kier molecular flexibility index (Phi) is 5.25. The maximum Gasteiger partial charge on any atom is 0.306 e. The van der Waals surface area contributed by atoms with E-state index in [1.807, 2.05) is 0 Å². The Morgan fingerprint density at radius 3 is 2.53 bits per heavy atom. The first-order valence-electron chi connectivity index (χ1n) is 11.8. The molecule has 5 heteroatoms. The van der Waals surface area contributed by atoms with Crippen LogP contribution in [0.3, 0.4) is 0 Å². The molecule has 0 saturated heterocycles. The highest BCUT2D eigenvalue weighted by molar-refractivity contribution is 6.04. The highest BCUT2D eigenvalue weighted by Gasteiger charge is 2.75. The molecule has 4 aliphatic carbocycles. The molecule has 4 fully saturated rings. The summed E-state index contributed by atoms with van der Waals surface area (Å²) in [6, 6.07) is 0. The molecule has 0 aromatic carbocycles. The number of Topliss-reactive ketones (excluding diaryl/α,β-unsaturated/α-hetero) is 1. The molecule has 0 aromatic heterocycles. The molecule has 0 radical (unpaired) electrons. The van der Waals surface area contributed by atoms with Gasteiger partial charge in [-0.1, -0.05) is 40.7 Å². The van der Waals surface area contributed by atoms with E-state index in [9.17, 15) is 19.8 Å². The van der Waals surface area contributed by atoms with Gasteiger partial charge in [0.1, 0.15) is 6.10 Å². The third-order valence-corrected chi connectivity index (χ3v) is 9.55. The number of carbonyl (C=O) groups excluding carboxylic acids is 2. The molecule has 8 atom stereocenters. The minimum absolute atomic E-state index is 0.0376. The lowest BCUT2D eigenvalue weighted by atomic mass is 9.39. The Labute approximate surface area is 180 Å². The molecule has 1 spiro atoms. The number of ether oxygens (including phenoxy) is 1. The second kappa shape index (κ2) is 7.16. The number of esters is 1. The number of hydrogen-bond donors (Lipinski definition) is 2. The average molecular weight is 419 g/mol. The van der Waals surface area contributed by atoms with Crippen molar-refractivity contribution in [3.8, 4) is 0 Å². The predicted molar refractivity (Wildman–Crippen MR) is 113 cm³/mol. The fraction of sp³-hybridized carbons (Fsp3) is 0.840. The summed E-state index contributed by atoms with van der Waals surface area (Å²) in [6.45, 7) is 12.7. The first-order valence-corrected chi connectivity index (χ1v) is 11.8. The quantitative estimate of drug-likeness (QED) is 0.536. The van der Waals surface area contributed by atoms with E-state index in [0.29, 0.717) is 24.8 Å². The molecule has 5 nitrogen and oxygen atoms in total. The van der Waals surface area contributed by atoms with Crippen LogP contribution in [0.4, 0.5) is 0 Å². The Hall–Kier alpha value is -1.20. The molecule has 30 heavy (non-hydrogen) atoms. The number of unbranched alkanes of at least 4 members (excludes halogenated alkanes) is 1. The van der Waals surface area contributed by atoms with E-state index in [1.54, 1.807) is 0 Å². The molecule has 0 aliphatic heterocycles. The van der Waals surface area contributed by atoms with E-state index >= 15 is 0 Å². The fourth-order valence-corrected chi connectivity index (χ4v) is 8.03. The zero-order valence-electron chi connectivity index (χ0n) is 18.9. The van der Waals surface area contributed by atoms with Gasteiger partial charge in [-0.25, -0.2) is 0 Å². The van der Waals surface area contributed by atoms with Crippen LogP contribution in [0.2, 0.25) is 0 Å². The van der Waals surface area contributed by atoms with Crippen molar-refractivity contribution in [2.24, 2.45) is 34.0 Å². The van der Waals surface area contributed by atoms with Crippen molar-refractivity contribution in [1.29, 1.82) is 0 Å². The molecule has 0 heterocycles. The SMILES string of the molecule is C=C1C(=O)[C@@]23[C@H](O)C[C@@H]4C(C)(C)CC[C@H](OC(=O)CCCC)[C@@]4(C)[C@@H]2CC[C@@H]1[C@H]3O. The number of fused-ring (bicyclic) bond motifs is 3. The van der Waals surface area contributed by atoms with Gasteiger partial charge in [-0.2, -0.15) is 0 Å². The van der Waals surface area contributed by atoms with E-state index in [4.69, 9.17) is 4.74 Å². The zero-order valence-corrected chi connectivity index (χ0v) is 18.9. The van der Waals surface area contributed by atoms with E-state index in [0.717, 1.165) is 32.1 Å². The zero-order chi connectivity index (χ0) is 22.1. The van der Waals surface area contributed by atoms with Crippen molar-refractivity contribution in [3.05, 3.63) is 12.2 Å². The van der Waals surface area contributed by atoms with Crippen LogP contribution < -0.4 is 0 Å². The van der Waals surface area contributed by atoms with Crippen molar-refractivity contribution in [2.75, 3.05) is 0 Å². The highest BCUT2D eigenvalue weighted by atomic mass is 16.5. The van der Waals surface area contributed by atoms with Crippen molar-refractivity contribution in [1.82, 2.24) is 0 Å². The standard InChI is InChI=1S/C25H38O5/c1-6-7-8-20(27)30-19-11-12-23(3,4)17-13-18(26)25-16(24(17,19)5)10-9-15(22(25)29)14(2)21(25)28/h15-19,22,26,29H,2,6-13H2,1,3-5H3/t15-,16-,17+,18+,19-,22+,24-,25-/m0/s1. The van der Waals surface area contributed by atoms with E-state index in [1.165, 1.54) is 0 Å². The first-order chi connectivity index (χ1) is 14.0. The van der Waals surface area contributed by atoms with Crippen molar-refractivity contribution >= 4 is 11.8 Å². The summed E-state index contributed by atoms with van der Waals surface area (Å²) in [5, 5.41) is 22.7. The summed E-state index contributed by atoms with van der Waals surface area (Å²) in [5.74, 6) is -0.697. The van der Waals surface area contributed by atoms with Gasteiger partial charge >= 0.3 is 5.97 Å². The smallest absolute Gasteiger partial charge is 0.306 e. The van der Waals surface area contributed by atoms with Gasteiger partial charge in [-0.15, -0.1) is 0 Å². The van der Waals surface area contributed by atoms with Gasteiger partial charge in [0.25, 0.3) is 0 Å². The number of carbonyl (C=O) groups is 2. The highest BCUT2D eigenvalue weighted by Crippen LogP contribution is 2.71. The molecule has 0 amide bonds. The largest absolute Gasteiger partial charge is 0.462 e. The molecule has 4 rings (SSSR count). The number of aliphatic hydroxyl groups is 2. The average Bonchev–Trinajstić information content (AvgIpc) is 2.79. The van der Waals surface area contributed by atoms with Crippen molar-refractivity contribution in [2.45, 2.75) is 97.4 Å². The van der Waals surface area contributed by atoms with Gasteiger partial charge in [0.2, 0.25) is 0 Å². The number of rotatable bonds is 4. The Bertz CT molecular complexity index is 757. The molecule has 2 bridgehead atoms. The molecule has 0 unspecified atom stereocenters. The maximum absolute atomic E-state index is 13.5. The van der Waals surface area contributed by atoms with Crippen LogP contribution in [0.1, 0.15) is 79.1 Å². The maximum atomic E-state index is 13.5. The predicted octanol–water partition coefficient (Wildman–Crippen LogP) is 3.81. The second-order valence-electron chi connectivity index (χ2n) is 11.2. The Morgan fingerprint density at radius 2 is 1.87 bits per heavy atom. The van der Waals surface area contributed by atoms with E-state index in [2.05, 4.69) is 34.3 Å². The van der Waals surface area contributed by atoms with Crippen LogP contribution in [0, 0.1) is 34.0 Å². The summed E-state index contributed by atoms with van der Waals surface area (Å²) in [7, 11) is 0. The summed E-state index contributed by atoms with van der Waals surface area (Å²) in [4.78, 5) is 26.1. The van der Waals surface area contributed by atoms with Gasteiger partial charge in [0.05, 0.1) is 17.6 Å². The van der Waals surface area contributed by atoms with Gasteiger partial charge < -0.3 is 14.9 Å². The van der Waals surface area contributed by atoms with Crippen LogP contribution in [0.15, 0.2) is 12.2 Å². The van der Waals surface area contributed by atoms with Gasteiger partial charge in [-0.05, 0) is 61.3 Å². The Balaban J connectivity index is 1.78. The number of ketones is 1. The molecule has 168 valence electrons. The lowest BCUT2D eigenvalue weighted by molar-refractivity contribution is -0.256. The van der Waals surface area contributed by atoms with E-state index < -0.39 is 23.0 Å². The van der Waals surface area contributed by atoms with Crippen molar-refractivity contribution < 1.29 is 24.5 Å². The molecule has 4 saturated carbocycles.